The smallest absolute Gasteiger partial charge is 0.382 e. The second kappa shape index (κ2) is 7.27. The van der Waals surface area contributed by atoms with E-state index in [9.17, 15) is 52.7 Å². The summed E-state index contributed by atoms with van der Waals surface area (Å²) >= 11 is 0. The van der Waals surface area contributed by atoms with Crippen molar-refractivity contribution in [1.82, 2.24) is 0 Å². The van der Waals surface area contributed by atoms with Gasteiger partial charge < -0.3 is 9.31 Å². The third-order valence-electron chi connectivity index (χ3n) is 5.45. The number of alkyl halides is 12. The molecule has 0 amide bonds. The molecule has 2 nitrogen and oxygen atoms in total. The molecular formula is C18H8BF12O2P. The molecule has 0 saturated carbocycles. The SMILES string of the molecule is FC(F)(F)C1(C(F)(F)F)OB2OC(C(F)(F)F)(C(F)(F)F)c3ccccc3P2c2ccccc21. The highest BCUT2D eigenvalue weighted by atomic mass is 31.1. The Hall–Kier alpha value is -1.99. The van der Waals surface area contributed by atoms with Gasteiger partial charge >= 0.3 is 31.5 Å². The molecule has 2 aromatic rings. The summed E-state index contributed by atoms with van der Waals surface area (Å²) in [5, 5.41) is -1.54. The van der Waals surface area contributed by atoms with Crippen LogP contribution >= 0.6 is 7.80 Å². The van der Waals surface area contributed by atoms with Crippen molar-refractivity contribution < 1.29 is 62.0 Å². The van der Waals surface area contributed by atoms with Gasteiger partial charge in [0.05, 0.1) is 0 Å². The van der Waals surface area contributed by atoms with E-state index in [-0.39, 0.29) is 0 Å². The van der Waals surface area contributed by atoms with Crippen molar-refractivity contribution in [2.45, 2.75) is 35.9 Å². The lowest BCUT2D eigenvalue weighted by atomic mass is 9.87. The number of rotatable bonds is 0. The van der Waals surface area contributed by atoms with E-state index in [2.05, 4.69) is 9.31 Å². The molecule has 0 aromatic heterocycles. The molecule has 0 bridgehead atoms. The summed E-state index contributed by atoms with van der Waals surface area (Å²) in [5.41, 5.74) is -13.4. The molecule has 0 saturated heterocycles. The van der Waals surface area contributed by atoms with Crippen molar-refractivity contribution in [2.75, 3.05) is 0 Å². The van der Waals surface area contributed by atoms with Crippen molar-refractivity contribution in [1.29, 1.82) is 0 Å². The number of benzene rings is 2. The molecule has 0 N–H and O–H groups in total. The average molecular weight is 526 g/mol. The van der Waals surface area contributed by atoms with Gasteiger partial charge in [-0.15, -0.1) is 0 Å². The summed E-state index contributed by atoms with van der Waals surface area (Å²) < 4.78 is 176. The van der Waals surface area contributed by atoms with E-state index in [1.165, 1.54) is 0 Å². The molecule has 0 radical (unpaired) electrons. The number of halogens is 12. The second-order valence-corrected chi connectivity index (χ2v) is 9.43. The maximum absolute atomic E-state index is 13.9. The lowest BCUT2D eigenvalue weighted by molar-refractivity contribution is -0.385. The van der Waals surface area contributed by atoms with Crippen LogP contribution in [-0.4, -0.2) is 31.5 Å². The molecule has 0 fully saturated rings. The Bertz CT molecular complexity index is 994. The number of fused-ring (bicyclic) bond motifs is 5. The maximum Gasteiger partial charge on any atom is 0.497 e. The largest absolute Gasteiger partial charge is 0.497 e. The van der Waals surface area contributed by atoms with Gasteiger partial charge in [-0.3, -0.25) is 0 Å². The standard InChI is InChI=1S/C18H8BF12O2P/c20-15(21,22)13(16(23,24)25)9-5-1-3-7-11(9)34-12-8-4-2-6-10(12)14(17(26,27)28,18(29,30)31)33-19(34)32-13/h1-8H. The molecule has 0 spiro atoms. The highest BCUT2D eigenvalue weighted by Crippen LogP contribution is 2.65. The Balaban J connectivity index is 2.12. The molecule has 0 unspecified atom stereocenters. The van der Waals surface area contributed by atoms with E-state index in [0.29, 0.717) is 12.1 Å². The Morgan fingerprint density at radius 2 is 0.824 bits per heavy atom. The summed E-state index contributed by atoms with van der Waals surface area (Å²) in [6, 6.07) is 6.05. The zero-order chi connectivity index (χ0) is 25.5. The summed E-state index contributed by atoms with van der Waals surface area (Å²) in [4.78, 5) is 0. The van der Waals surface area contributed by atoms with Gasteiger partial charge in [0.1, 0.15) is 0 Å². The van der Waals surface area contributed by atoms with Gasteiger partial charge in [-0.05, 0) is 18.4 Å². The fraction of sp³-hybridized carbons (Fsp3) is 0.333. The molecular weight excluding hydrogens is 518 g/mol. The average Bonchev–Trinajstić information content (AvgIpc) is 2.68. The molecule has 2 heterocycles. The third kappa shape index (κ3) is 3.12. The van der Waals surface area contributed by atoms with E-state index in [0.717, 1.165) is 36.4 Å². The molecule has 184 valence electrons. The van der Waals surface area contributed by atoms with Crippen LogP contribution in [0.15, 0.2) is 48.5 Å². The van der Waals surface area contributed by atoms with Crippen LogP contribution in [0, 0.1) is 0 Å². The van der Waals surface area contributed by atoms with Crippen molar-refractivity contribution in [3.63, 3.8) is 0 Å². The Labute approximate surface area is 183 Å². The van der Waals surface area contributed by atoms with Crippen LogP contribution in [0.1, 0.15) is 11.1 Å². The van der Waals surface area contributed by atoms with Gasteiger partial charge in [0.2, 0.25) is 0 Å². The van der Waals surface area contributed by atoms with Crippen LogP contribution in [0.5, 0.6) is 0 Å². The van der Waals surface area contributed by atoms with E-state index in [1.807, 2.05) is 0 Å². The summed E-state index contributed by atoms with van der Waals surface area (Å²) in [6.45, 7) is -3.19. The van der Waals surface area contributed by atoms with E-state index >= 15 is 0 Å². The lowest BCUT2D eigenvalue weighted by Gasteiger charge is -2.51. The van der Waals surface area contributed by atoms with Crippen LogP contribution in [0.3, 0.4) is 0 Å². The Kier molecular flexibility index (Phi) is 5.37. The summed E-state index contributed by atoms with van der Waals surface area (Å²) in [7, 11) is -2.83. The minimum absolute atomic E-state index is 0.423. The van der Waals surface area contributed by atoms with Crippen LogP contribution in [0.4, 0.5) is 52.7 Å². The summed E-state index contributed by atoms with van der Waals surface area (Å²) in [5.74, 6) is 0. The van der Waals surface area contributed by atoms with Gasteiger partial charge in [-0.25, -0.2) is 0 Å². The van der Waals surface area contributed by atoms with E-state index in [1.54, 1.807) is 0 Å². The molecule has 34 heavy (non-hydrogen) atoms. The van der Waals surface area contributed by atoms with Crippen LogP contribution in [-0.2, 0) is 20.5 Å². The molecule has 0 aliphatic carbocycles. The minimum Gasteiger partial charge on any atom is -0.382 e. The van der Waals surface area contributed by atoms with Crippen LogP contribution in [0.25, 0.3) is 0 Å². The first-order chi connectivity index (χ1) is 15.4. The van der Waals surface area contributed by atoms with E-state index in [4.69, 9.17) is 0 Å². The van der Waals surface area contributed by atoms with Crippen molar-refractivity contribution in [2.24, 2.45) is 0 Å². The molecule has 2 aliphatic heterocycles. The van der Waals surface area contributed by atoms with Crippen molar-refractivity contribution in [3.8, 4) is 0 Å². The lowest BCUT2D eigenvalue weighted by Crippen LogP contribution is -2.68. The van der Waals surface area contributed by atoms with Gasteiger partial charge in [-0.2, -0.15) is 52.7 Å². The highest BCUT2D eigenvalue weighted by Gasteiger charge is 2.81. The van der Waals surface area contributed by atoms with E-state index < -0.39 is 72.3 Å². The second-order valence-electron chi connectivity index (χ2n) is 7.30. The van der Waals surface area contributed by atoms with Gasteiger partial charge in [0.25, 0.3) is 11.2 Å². The normalized spacial score (nSPS) is 20.4. The van der Waals surface area contributed by atoms with Crippen molar-refractivity contribution in [3.05, 3.63) is 59.7 Å². The quantitative estimate of drug-likeness (QED) is 0.246. The topological polar surface area (TPSA) is 18.5 Å². The number of hydrogen-bond donors (Lipinski definition) is 0. The Morgan fingerprint density at radius 3 is 1.12 bits per heavy atom. The molecule has 16 heteroatoms. The predicted molar refractivity (Wildman–Crippen MR) is 94.6 cm³/mol. The fourth-order valence-electron chi connectivity index (χ4n) is 4.08. The third-order valence-corrected chi connectivity index (χ3v) is 7.90. The first kappa shape index (κ1) is 25.1. The summed E-state index contributed by atoms with van der Waals surface area (Å²) in [6.07, 6.45) is -25.3. The molecule has 0 atom stereocenters. The Morgan fingerprint density at radius 1 is 0.529 bits per heavy atom. The zero-order valence-corrected chi connectivity index (χ0v) is 16.9. The highest BCUT2D eigenvalue weighted by molar-refractivity contribution is 7.99. The fourth-order valence-corrected chi connectivity index (χ4v) is 6.80. The monoisotopic (exact) mass is 526 g/mol. The van der Waals surface area contributed by atoms with Crippen LogP contribution < -0.4 is 10.6 Å². The van der Waals surface area contributed by atoms with Crippen LogP contribution in [0.2, 0.25) is 0 Å². The first-order valence-electron chi connectivity index (χ1n) is 9.01. The minimum atomic E-state index is -6.32. The van der Waals surface area contributed by atoms with Gasteiger partial charge in [-0.1, -0.05) is 48.5 Å². The molecule has 2 aromatic carbocycles. The molecule has 2 aliphatic rings. The maximum atomic E-state index is 13.9. The van der Waals surface area contributed by atoms with Gasteiger partial charge in [0.15, 0.2) is 0 Å². The molecule has 4 rings (SSSR count). The van der Waals surface area contributed by atoms with Gasteiger partial charge in [0, 0.05) is 11.1 Å². The first-order valence-corrected chi connectivity index (χ1v) is 10.4. The number of hydrogen-bond acceptors (Lipinski definition) is 2. The zero-order valence-electron chi connectivity index (χ0n) is 16.0. The van der Waals surface area contributed by atoms with Crippen molar-refractivity contribution >= 4 is 25.2 Å². The predicted octanol–water partition coefficient (Wildman–Crippen LogP) is 5.80.